The van der Waals surface area contributed by atoms with Gasteiger partial charge in [-0.1, -0.05) is 0 Å². The van der Waals surface area contributed by atoms with Gasteiger partial charge in [0.15, 0.2) is 0 Å². The van der Waals surface area contributed by atoms with Crippen molar-refractivity contribution < 1.29 is 15.0 Å². The van der Waals surface area contributed by atoms with Gasteiger partial charge in [0, 0.05) is 25.1 Å². The Labute approximate surface area is 140 Å². The van der Waals surface area contributed by atoms with Gasteiger partial charge in [-0.15, -0.1) is 0 Å². The fourth-order valence-electron chi connectivity index (χ4n) is 4.15. The van der Waals surface area contributed by atoms with E-state index in [1.807, 2.05) is 35.2 Å². The molecule has 0 spiro atoms. The second-order valence-corrected chi connectivity index (χ2v) is 6.84. The summed E-state index contributed by atoms with van der Waals surface area (Å²) in [6.07, 6.45) is 5.86. The highest BCUT2D eigenvalue weighted by molar-refractivity contribution is 5.93. The number of pyridine rings is 1. The van der Waals surface area contributed by atoms with Gasteiger partial charge in [-0.25, -0.2) is 4.98 Å². The Balaban J connectivity index is 1.35. The Morgan fingerprint density at radius 2 is 2.00 bits per heavy atom. The van der Waals surface area contributed by atoms with Gasteiger partial charge in [-0.3, -0.25) is 4.79 Å². The lowest BCUT2D eigenvalue weighted by Crippen LogP contribution is -2.41. The highest BCUT2D eigenvalue weighted by Crippen LogP contribution is 2.48. The first-order valence-electron chi connectivity index (χ1n) is 8.37. The molecule has 2 saturated carbocycles. The number of fused-ring (bicyclic) bond motifs is 2. The van der Waals surface area contributed by atoms with Crippen molar-refractivity contribution in [2.75, 3.05) is 6.54 Å². The van der Waals surface area contributed by atoms with Crippen molar-refractivity contribution in [1.29, 1.82) is 0 Å². The third-order valence-corrected chi connectivity index (χ3v) is 5.46. The molecule has 2 bridgehead atoms. The summed E-state index contributed by atoms with van der Waals surface area (Å²) in [6.45, 7) is 0.531. The minimum atomic E-state index is -0.645. The molecular formula is C18H21N3O3. The number of nitrogens with zero attached hydrogens (tertiary/aromatic N) is 2. The summed E-state index contributed by atoms with van der Waals surface area (Å²) in [4.78, 5) is 16.6. The molecule has 6 heteroatoms. The summed E-state index contributed by atoms with van der Waals surface area (Å²) >= 11 is 0. The fourth-order valence-corrected chi connectivity index (χ4v) is 4.15. The number of hydrogen-bond donors (Lipinski definition) is 3. The van der Waals surface area contributed by atoms with Crippen LogP contribution in [0.25, 0.3) is 5.82 Å². The van der Waals surface area contributed by atoms with Crippen molar-refractivity contribution in [3.63, 3.8) is 0 Å². The molecule has 6 nitrogen and oxygen atoms in total. The quantitative estimate of drug-likeness (QED) is 0.781. The topological polar surface area (TPSA) is 87.4 Å². The van der Waals surface area contributed by atoms with E-state index < -0.39 is 12.2 Å². The van der Waals surface area contributed by atoms with E-state index in [-0.39, 0.29) is 23.7 Å². The van der Waals surface area contributed by atoms with Crippen LogP contribution in [-0.4, -0.2) is 44.4 Å². The molecule has 0 saturated heterocycles. The third kappa shape index (κ3) is 2.61. The molecule has 2 fully saturated rings. The first kappa shape index (κ1) is 15.4. The molecule has 0 radical (unpaired) electrons. The SMILES string of the molecule is O=C(NC[C@H]1C[C@@H]2C[C@H]1[C@@H](O)[C@H]2O)c1ccc(-n2cccc2)nc1. The summed E-state index contributed by atoms with van der Waals surface area (Å²) in [5.74, 6) is 1.12. The van der Waals surface area contributed by atoms with Crippen LogP contribution in [0.1, 0.15) is 23.2 Å². The third-order valence-electron chi connectivity index (χ3n) is 5.46. The number of carbonyl (C=O) groups excluding carboxylic acids is 1. The largest absolute Gasteiger partial charge is 0.390 e. The number of hydrogen-bond acceptors (Lipinski definition) is 4. The van der Waals surface area contributed by atoms with Crippen LogP contribution < -0.4 is 5.32 Å². The Morgan fingerprint density at radius 1 is 1.21 bits per heavy atom. The zero-order valence-corrected chi connectivity index (χ0v) is 13.2. The molecule has 2 aromatic rings. The number of amides is 1. The monoisotopic (exact) mass is 327 g/mol. The van der Waals surface area contributed by atoms with Crippen LogP contribution in [-0.2, 0) is 0 Å². The lowest BCUT2D eigenvalue weighted by atomic mass is 9.85. The van der Waals surface area contributed by atoms with Gasteiger partial charge in [-0.05, 0) is 54.9 Å². The Bertz CT molecular complexity index is 712. The molecule has 4 rings (SSSR count). The van der Waals surface area contributed by atoms with Gasteiger partial charge in [-0.2, -0.15) is 0 Å². The number of aliphatic hydroxyl groups excluding tert-OH is 2. The normalized spacial score (nSPS) is 31.3. The van der Waals surface area contributed by atoms with Gasteiger partial charge in [0.05, 0.1) is 17.8 Å². The summed E-state index contributed by atoms with van der Waals surface area (Å²) in [5.41, 5.74) is 0.523. The maximum absolute atomic E-state index is 12.3. The van der Waals surface area contributed by atoms with E-state index in [9.17, 15) is 15.0 Å². The second kappa shape index (κ2) is 6.03. The highest BCUT2D eigenvalue weighted by Gasteiger charge is 2.51. The van der Waals surface area contributed by atoms with Crippen molar-refractivity contribution in [3.05, 3.63) is 48.4 Å². The Kier molecular flexibility index (Phi) is 3.86. The van der Waals surface area contributed by atoms with Gasteiger partial charge in [0.2, 0.25) is 0 Å². The predicted octanol–water partition coefficient (Wildman–Crippen LogP) is 0.980. The zero-order chi connectivity index (χ0) is 16.7. The summed E-state index contributed by atoms with van der Waals surface area (Å²) in [7, 11) is 0. The lowest BCUT2D eigenvalue weighted by molar-refractivity contribution is -0.0332. The molecule has 0 aliphatic heterocycles. The molecule has 1 amide bonds. The Morgan fingerprint density at radius 3 is 2.62 bits per heavy atom. The van der Waals surface area contributed by atoms with Crippen LogP contribution in [0.15, 0.2) is 42.9 Å². The number of rotatable bonds is 4. The van der Waals surface area contributed by atoms with Crippen LogP contribution in [0.4, 0.5) is 0 Å². The standard InChI is InChI=1S/C18H21N3O3/c22-16-12-7-13(14(8-12)17(16)23)10-20-18(24)11-3-4-15(19-9-11)21-5-1-2-6-21/h1-6,9,12-14,16-17,22-23H,7-8,10H2,(H,20,24)/t12-,13-,14-,16+,17-/m1/s1. The molecule has 2 aromatic heterocycles. The van der Waals surface area contributed by atoms with Crippen molar-refractivity contribution in [2.24, 2.45) is 17.8 Å². The van der Waals surface area contributed by atoms with Gasteiger partial charge >= 0.3 is 0 Å². The highest BCUT2D eigenvalue weighted by atomic mass is 16.3. The van der Waals surface area contributed by atoms with Gasteiger partial charge in [0.25, 0.3) is 5.91 Å². The Hall–Kier alpha value is -2.18. The van der Waals surface area contributed by atoms with Crippen molar-refractivity contribution in [3.8, 4) is 5.82 Å². The van der Waals surface area contributed by atoms with Crippen LogP contribution in [0, 0.1) is 17.8 Å². The maximum atomic E-state index is 12.3. The molecule has 2 aliphatic rings. The van der Waals surface area contributed by atoms with Crippen molar-refractivity contribution >= 4 is 5.91 Å². The van der Waals surface area contributed by atoms with Crippen LogP contribution in [0.2, 0.25) is 0 Å². The fraction of sp³-hybridized carbons (Fsp3) is 0.444. The van der Waals surface area contributed by atoms with Gasteiger partial charge in [0.1, 0.15) is 5.82 Å². The maximum Gasteiger partial charge on any atom is 0.252 e. The van der Waals surface area contributed by atoms with E-state index in [2.05, 4.69) is 10.3 Å². The molecule has 2 aliphatic carbocycles. The van der Waals surface area contributed by atoms with E-state index in [1.165, 1.54) is 0 Å². The number of carbonyl (C=O) groups is 1. The van der Waals surface area contributed by atoms with Crippen LogP contribution in [0.3, 0.4) is 0 Å². The van der Waals surface area contributed by atoms with Crippen molar-refractivity contribution in [1.82, 2.24) is 14.9 Å². The minimum Gasteiger partial charge on any atom is -0.390 e. The van der Waals surface area contributed by atoms with Gasteiger partial charge < -0.3 is 20.1 Å². The molecule has 24 heavy (non-hydrogen) atoms. The van der Waals surface area contributed by atoms with E-state index in [0.717, 1.165) is 18.7 Å². The zero-order valence-electron chi connectivity index (χ0n) is 13.2. The molecule has 0 aromatic carbocycles. The van der Waals surface area contributed by atoms with Crippen LogP contribution >= 0.6 is 0 Å². The van der Waals surface area contributed by atoms with Crippen LogP contribution in [0.5, 0.6) is 0 Å². The first-order valence-corrected chi connectivity index (χ1v) is 8.37. The smallest absolute Gasteiger partial charge is 0.252 e. The predicted molar refractivity (Wildman–Crippen MR) is 87.6 cm³/mol. The average molecular weight is 327 g/mol. The molecule has 126 valence electrons. The number of aromatic nitrogens is 2. The summed E-state index contributed by atoms with van der Waals surface area (Å²) < 4.78 is 1.88. The van der Waals surface area contributed by atoms with E-state index in [1.54, 1.807) is 12.3 Å². The minimum absolute atomic E-state index is 0.0968. The summed E-state index contributed by atoms with van der Waals surface area (Å²) in [5, 5.41) is 22.7. The molecule has 0 unspecified atom stereocenters. The molecule has 3 N–H and O–H groups in total. The average Bonchev–Trinajstić information content (AvgIpc) is 3.32. The lowest BCUT2D eigenvalue weighted by Gasteiger charge is -2.29. The number of nitrogens with one attached hydrogen (secondary N) is 1. The molecular weight excluding hydrogens is 306 g/mol. The summed E-state index contributed by atoms with van der Waals surface area (Å²) in [6, 6.07) is 7.41. The van der Waals surface area contributed by atoms with E-state index in [0.29, 0.717) is 12.1 Å². The second-order valence-electron chi connectivity index (χ2n) is 6.84. The first-order chi connectivity index (χ1) is 11.6. The molecule has 2 heterocycles. The molecule has 5 atom stereocenters. The van der Waals surface area contributed by atoms with E-state index in [4.69, 9.17) is 0 Å². The van der Waals surface area contributed by atoms with Crippen molar-refractivity contribution in [2.45, 2.75) is 25.0 Å². The number of aliphatic hydroxyl groups is 2. The van der Waals surface area contributed by atoms with E-state index >= 15 is 0 Å².